The molecule has 0 radical (unpaired) electrons. The second-order valence-corrected chi connectivity index (χ2v) is 4.18. The molecular formula is C18H26. The van der Waals surface area contributed by atoms with E-state index in [-0.39, 0.29) is 0 Å². The van der Waals surface area contributed by atoms with Crippen molar-refractivity contribution in [2.45, 2.75) is 41.5 Å². The van der Waals surface area contributed by atoms with Crippen molar-refractivity contribution in [1.29, 1.82) is 0 Å². The molecule has 2 aromatic rings. The van der Waals surface area contributed by atoms with E-state index in [0.29, 0.717) is 0 Å². The van der Waals surface area contributed by atoms with Crippen molar-refractivity contribution in [3.8, 4) is 0 Å². The van der Waals surface area contributed by atoms with Gasteiger partial charge in [0.2, 0.25) is 0 Å². The Labute approximate surface area is 113 Å². The van der Waals surface area contributed by atoms with Crippen molar-refractivity contribution in [3.05, 3.63) is 70.8 Å². The van der Waals surface area contributed by atoms with Gasteiger partial charge in [-0.1, -0.05) is 62.4 Å². The maximum absolute atomic E-state index is 2.24. The average Bonchev–Trinajstić information content (AvgIpc) is 2.42. The van der Waals surface area contributed by atoms with Gasteiger partial charge in [0.1, 0.15) is 0 Å². The van der Waals surface area contributed by atoms with E-state index in [1.807, 2.05) is 50.2 Å². The van der Waals surface area contributed by atoms with Gasteiger partial charge in [0.25, 0.3) is 0 Å². The van der Waals surface area contributed by atoms with Crippen LogP contribution in [0.25, 0.3) is 0 Å². The Morgan fingerprint density at radius 1 is 0.444 bits per heavy atom. The monoisotopic (exact) mass is 242 g/mol. The summed E-state index contributed by atoms with van der Waals surface area (Å²) in [5, 5.41) is 0. The quantitative estimate of drug-likeness (QED) is 0.561. The standard InChI is InChI=1S/C10H14.C6H6.C2H6/c1-7-5-9(3)10(4)6-8(7)2;1-2-4-6-5-3-1;1-2/h5-6H,1-4H3;1-6H;1-2H3. The van der Waals surface area contributed by atoms with Crippen LogP contribution in [0.2, 0.25) is 0 Å². The van der Waals surface area contributed by atoms with Gasteiger partial charge in [-0.05, 0) is 49.9 Å². The van der Waals surface area contributed by atoms with Crippen molar-refractivity contribution in [2.24, 2.45) is 0 Å². The van der Waals surface area contributed by atoms with Gasteiger partial charge >= 0.3 is 0 Å². The fourth-order valence-corrected chi connectivity index (χ4v) is 1.49. The van der Waals surface area contributed by atoms with E-state index in [1.54, 1.807) is 0 Å². The lowest BCUT2D eigenvalue weighted by atomic mass is 10.0. The smallest absolute Gasteiger partial charge is 0.0395 e. The third-order valence-electron chi connectivity index (χ3n) is 2.78. The first-order chi connectivity index (χ1) is 8.61. The Morgan fingerprint density at radius 2 is 0.611 bits per heavy atom. The molecule has 2 rings (SSSR count). The molecule has 0 nitrogen and oxygen atoms in total. The molecule has 0 unspecified atom stereocenters. The van der Waals surface area contributed by atoms with E-state index >= 15 is 0 Å². The minimum atomic E-state index is 1.39. The molecule has 0 N–H and O–H groups in total. The molecule has 0 spiro atoms. The lowest BCUT2D eigenvalue weighted by Gasteiger charge is -2.04. The fraction of sp³-hybridized carbons (Fsp3) is 0.333. The maximum atomic E-state index is 2.24. The lowest BCUT2D eigenvalue weighted by molar-refractivity contribution is 1.24. The molecule has 0 bridgehead atoms. The largest absolute Gasteiger partial charge is 0.0683 e. The Morgan fingerprint density at radius 3 is 0.778 bits per heavy atom. The summed E-state index contributed by atoms with van der Waals surface area (Å²) in [6, 6.07) is 16.5. The Bertz CT molecular complexity index is 350. The summed E-state index contributed by atoms with van der Waals surface area (Å²) >= 11 is 0. The van der Waals surface area contributed by atoms with E-state index in [2.05, 4.69) is 39.8 Å². The molecule has 0 aliphatic rings. The zero-order valence-corrected chi connectivity index (χ0v) is 12.6. The molecule has 0 aromatic heterocycles. The highest BCUT2D eigenvalue weighted by atomic mass is 14.0. The SMILES string of the molecule is CC.Cc1cc(C)c(C)cc1C.c1ccccc1. The zero-order valence-electron chi connectivity index (χ0n) is 12.6. The molecule has 2 aromatic carbocycles. The van der Waals surface area contributed by atoms with Gasteiger partial charge in [0.05, 0.1) is 0 Å². The molecule has 0 fully saturated rings. The highest BCUT2D eigenvalue weighted by Crippen LogP contribution is 2.13. The van der Waals surface area contributed by atoms with Crippen molar-refractivity contribution in [1.82, 2.24) is 0 Å². The van der Waals surface area contributed by atoms with Crippen LogP contribution in [0.15, 0.2) is 48.5 Å². The minimum absolute atomic E-state index is 1.39. The Hall–Kier alpha value is -1.56. The molecule has 18 heavy (non-hydrogen) atoms. The van der Waals surface area contributed by atoms with Gasteiger partial charge in [-0.15, -0.1) is 0 Å². The van der Waals surface area contributed by atoms with E-state index < -0.39 is 0 Å². The van der Waals surface area contributed by atoms with Crippen LogP contribution in [0, 0.1) is 27.7 Å². The van der Waals surface area contributed by atoms with Crippen molar-refractivity contribution < 1.29 is 0 Å². The number of benzene rings is 2. The van der Waals surface area contributed by atoms with Crippen LogP contribution in [-0.4, -0.2) is 0 Å². The molecule has 0 aliphatic heterocycles. The highest BCUT2D eigenvalue weighted by molar-refractivity contribution is 5.35. The van der Waals surface area contributed by atoms with Crippen molar-refractivity contribution >= 4 is 0 Å². The zero-order chi connectivity index (χ0) is 14.0. The molecule has 0 atom stereocenters. The minimum Gasteiger partial charge on any atom is -0.0683 e. The third kappa shape index (κ3) is 6.24. The van der Waals surface area contributed by atoms with Crippen LogP contribution in [0.3, 0.4) is 0 Å². The van der Waals surface area contributed by atoms with Crippen LogP contribution in [0.5, 0.6) is 0 Å². The highest BCUT2D eigenvalue weighted by Gasteiger charge is 1.95. The van der Waals surface area contributed by atoms with Crippen molar-refractivity contribution in [2.75, 3.05) is 0 Å². The van der Waals surface area contributed by atoms with E-state index in [9.17, 15) is 0 Å². The van der Waals surface area contributed by atoms with Gasteiger partial charge < -0.3 is 0 Å². The lowest BCUT2D eigenvalue weighted by Crippen LogP contribution is -1.86. The first-order valence-electron chi connectivity index (χ1n) is 6.65. The van der Waals surface area contributed by atoms with E-state index in [4.69, 9.17) is 0 Å². The summed E-state index contributed by atoms with van der Waals surface area (Å²) in [6.07, 6.45) is 0. The predicted molar refractivity (Wildman–Crippen MR) is 83.2 cm³/mol. The van der Waals surface area contributed by atoms with Gasteiger partial charge in [0.15, 0.2) is 0 Å². The predicted octanol–water partition coefficient (Wildman–Crippen LogP) is 5.63. The summed E-state index contributed by atoms with van der Waals surface area (Å²) < 4.78 is 0. The van der Waals surface area contributed by atoms with Crippen molar-refractivity contribution in [3.63, 3.8) is 0 Å². The van der Waals surface area contributed by atoms with Crippen LogP contribution in [-0.2, 0) is 0 Å². The summed E-state index contributed by atoms with van der Waals surface area (Å²) in [7, 11) is 0. The third-order valence-corrected chi connectivity index (χ3v) is 2.78. The molecule has 0 saturated carbocycles. The van der Waals surface area contributed by atoms with Gasteiger partial charge in [0, 0.05) is 0 Å². The van der Waals surface area contributed by atoms with Gasteiger partial charge in [-0.3, -0.25) is 0 Å². The van der Waals surface area contributed by atoms with E-state index in [1.165, 1.54) is 22.3 Å². The molecule has 0 saturated heterocycles. The normalized spacial score (nSPS) is 8.56. The van der Waals surface area contributed by atoms with Crippen LogP contribution in [0.1, 0.15) is 36.1 Å². The summed E-state index contributed by atoms with van der Waals surface area (Å²) in [5.74, 6) is 0. The molecule has 98 valence electrons. The fourth-order valence-electron chi connectivity index (χ4n) is 1.49. The average molecular weight is 242 g/mol. The van der Waals surface area contributed by atoms with Gasteiger partial charge in [-0.2, -0.15) is 0 Å². The number of aryl methyl sites for hydroxylation is 4. The molecule has 0 heteroatoms. The topological polar surface area (TPSA) is 0 Å². The van der Waals surface area contributed by atoms with E-state index in [0.717, 1.165) is 0 Å². The first-order valence-corrected chi connectivity index (χ1v) is 6.65. The molecule has 0 amide bonds. The summed E-state index contributed by atoms with van der Waals surface area (Å²) in [5.41, 5.74) is 5.57. The Balaban J connectivity index is 0.000000308. The maximum Gasteiger partial charge on any atom is -0.0395 e. The van der Waals surface area contributed by atoms with Crippen LogP contribution < -0.4 is 0 Å². The molecular weight excluding hydrogens is 216 g/mol. The summed E-state index contributed by atoms with van der Waals surface area (Å²) in [6.45, 7) is 12.6. The van der Waals surface area contributed by atoms with Gasteiger partial charge in [-0.25, -0.2) is 0 Å². The molecule has 0 aliphatic carbocycles. The number of hydrogen-bond donors (Lipinski definition) is 0. The number of rotatable bonds is 0. The second kappa shape index (κ2) is 9.47. The van der Waals surface area contributed by atoms with Crippen LogP contribution in [0.4, 0.5) is 0 Å². The summed E-state index contributed by atoms with van der Waals surface area (Å²) in [4.78, 5) is 0. The molecule has 0 heterocycles. The Kier molecular flexibility index (Phi) is 8.65. The van der Waals surface area contributed by atoms with Crippen LogP contribution >= 0.6 is 0 Å². The second-order valence-electron chi connectivity index (χ2n) is 4.18. The first kappa shape index (κ1) is 16.4. The number of hydrogen-bond acceptors (Lipinski definition) is 0.